The van der Waals surface area contributed by atoms with E-state index in [-0.39, 0.29) is 30.2 Å². The Kier molecular flexibility index (Phi) is 6.18. The second-order valence-electron chi connectivity index (χ2n) is 6.89. The van der Waals surface area contributed by atoms with Crippen LogP contribution in [0.3, 0.4) is 0 Å². The largest absolute Gasteiger partial charge is 0.481 e. The van der Waals surface area contributed by atoms with Crippen molar-refractivity contribution >= 4 is 17.9 Å². The fourth-order valence-electron chi connectivity index (χ4n) is 2.91. The Morgan fingerprint density at radius 2 is 1.95 bits per heavy atom. The van der Waals surface area contributed by atoms with Crippen molar-refractivity contribution in [1.29, 1.82) is 0 Å². The molecule has 3 amide bonds. The molecule has 1 fully saturated rings. The van der Waals surface area contributed by atoms with Crippen LogP contribution in [0.5, 0.6) is 0 Å². The highest BCUT2D eigenvalue weighted by molar-refractivity contribution is 5.94. The highest BCUT2D eigenvalue weighted by Crippen LogP contribution is 2.34. The Morgan fingerprint density at radius 3 is 2.52 bits per heavy atom. The first-order valence-electron chi connectivity index (χ1n) is 7.50. The van der Waals surface area contributed by atoms with Gasteiger partial charge in [0.05, 0.1) is 0 Å². The molecule has 0 aromatic rings. The third-order valence-electron chi connectivity index (χ3n) is 3.85. The molecular weight excluding hydrogens is 272 g/mol. The van der Waals surface area contributed by atoms with Gasteiger partial charge in [-0.3, -0.25) is 14.9 Å². The Morgan fingerprint density at radius 1 is 1.29 bits per heavy atom. The summed E-state index contributed by atoms with van der Waals surface area (Å²) in [5.41, 5.74) is 0.218. The summed E-state index contributed by atoms with van der Waals surface area (Å²) >= 11 is 0. The van der Waals surface area contributed by atoms with Crippen LogP contribution >= 0.6 is 0 Å². The van der Waals surface area contributed by atoms with E-state index in [0.717, 1.165) is 25.7 Å². The lowest BCUT2D eigenvalue weighted by molar-refractivity contribution is -0.138. The molecule has 2 unspecified atom stereocenters. The third-order valence-corrected chi connectivity index (χ3v) is 3.85. The van der Waals surface area contributed by atoms with Gasteiger partial charge in [0.25, 0.3) is 0 Å². The molecule has 0 aromatic carbocycles. The molecule has 1 aliphatic rings. The van der Waals surface area contributed by atoms with E-state index < -0.39 is 17.9 Å². The molecule has 3 N–H and O–H groups in total. The van der Waals surface area contributed by atoms with Crippen LogP contribution in [0.25, 0.3) is 0 Å². The molecule has 2 atom stereocenters. The van der Waals surface area contributed by atoms with Crippen molar-refractivity contribution in [2.75, 3.05) is 0 Å². The maximum absolute atomic E-state index is 11.8. The number of urea groups is 1. The normalized spacial score (nSPS) is 22.1. The maximum Gasteiger partial charge on any atom is 0.321 e. The van der Waals surface area contributed by atoms with Gasteiger partial charge >= 0.3 is 12.0 Å². The molecule has 1 rings (SSSR count). The minimum absolute atomic E-state index is 0.0376. The Bertz CT molecular complexity index is 406. The van der Waals surface area contributed by atoms with E-state index in [1.54, 1.807) is 6.92 Å². The van der Waals surface area contributed by atoms with Gasteiger partial charge in [-0.1, -0.05) is 27.2 Å². The average Bonchev–Trinajstić information content (AvgIpc) is 2.24. The molecule has 6 heteroatoms. The van der Waals surface area contributed by atoms with Crippen LogP contribution in [-0.4, -0.2) is 29.1 Å². The summed E-state index contributed by atoms with van der Waals surface area (Å²) in [6, 6.07) is -0.386. The average molecular weight is 298 g/mol. The molecule has 1 saturated carbocycles. The number of aliphatic carboxylic acids is 1. The topological polar surface area (TPSA) is 95.5 Å². The summed E-state index contributed by atoms with van der Waals surface area (Å²) in [6.45, 7) is 6.03. The van der Waals surface area contributed by atoms with Gasteiger partial charge in [-0.2, -0.15) is 0 Å². The van der Waals surface area contributed by atoms with E-state index in [4.69, 9.17) is 5.11 Å². The second kappa shape index (κ2) is 7.43. The van der Waals surface area contributed by atoms with Gasteiger partial charge in [0.2, 0.25) is 5.91 Å². The highest BCUT2D eigenvalue weighted by Gasteiger charge is 2.29. The number of carbonyl (C=O) groups is 3. The number of rotatable bonds is 5. The summed E-state index contributed by atoms with van der Waals surface area (Å²) in [5.74, 6) is -1.66. The minimum atomic E-state index is -0.941. The first kappa shape index (κ1) is 17.5. The molecule has 0 aliphatic heterocycles. The zero-order chi connectivity index (χ0) is 16.0. The lowest BCUT2D eigenvalue weighted by Gasteiger charge is -2.35. The number of imide groups is 1. The van der Waals surface area contributed by atoms with Crippen LogP contribution in [0.1, 0.15) is 59.3 Å². The molecule has 0 bridgehead atoms. The molecule has 0 radical (unpaired) electrons. The third kappa shape index (κ3) is 7.11. The van der Waals surface area contributed by atoms with Gasteiger partial charge < -0.3 is 10.4 Å². The standard InChI is InChI=1S/C15H26N2O4/c1-10(8-13(19)20)7-12(18)17-14(21)16-11-5-4-6-15(2,3)9-11/h10-11H,4-9H2,1-3H3,(H,19,20)(H2,16,17,18,21). The molecular formula is C15H26N2O4. The number of carboxylic acid groups (broad SMARTS) is 1. The van der Waals surface area contributed by atoms with Crippen molar-refractivity contribution in [2.45, 2.75) is 65.3 Å². The van der Waals surface area contributed by atoms with Crippen molar-refractivity contribution in [1.82, 2.24) is 10.6 Å². The first-order chi connectivity index (χ1) is 9.68. The fourth-order valence-corrected chi connectivity index (χ4v) is 2.91. The van der Waals surface area contributed by atoms with E-state index in [2.05, 4.69) is 24.5 Å². The predicted molar refractivity (Wildman–Crippen MR) is 78.7 cm³/mol. The highest BCUT2D eigenvalue weighted by atomic mass is 16.4. The lowest BCUT2D eigenvalue weighted by atomic mass is 9.75. The fraction of sp³-hybridized carbons (Fsp3) is 0.800. The van der Waals surface area contributed by atoms with Crippen molar-refractivity contribution in [2.24, 2.45) is 11.3 Å². The number of carbonyl (C=O) groups excluding carboxylic acids is 2. The number of carboxylic acids is 1. The van der Waals surface area contributed by atoms with Gasteiger partial charge in [-0.15, -0.1) is 0 Å². The Labute approximate surface area is 125 Å². The molecule has 0 heterocycles. The number of nitrogens with one attached hydrogen (secondary N) is 2. The van der Waals surface area contributed by atoms with Crippen LogP contribution in [0, 0.1) is 11.3 Å². The summed E-state index contributed by atoms with van der Waals surface area (Å²) in [4.78, 5) is 34.0. The van der Waals surface area contributed by atoms with Gasteiger partial charge in [0.15, 0.2) is 0 Å². The first-order valence-corrected chi connectivity index (χ1v) is 7.50. The lowest BCUT2D eigenvalue weighted by Crippen LogP contribution is -2.47. The number of amides is 3. The molecule has 0 saturated heterocycles. The number of hydrogen-bond donors (Lipinski definition) is 3. The van der Waals surface area contributed by atoms with E-state index in [1.807, 2.05) is 0 Å². The monoisotopic (exact) mass is 298 g/mol. The van der Waals surface area contributed by atoms with E-state index in [0.29, 0.717) is 0 Å². The molecule has 0 spiro atoms. The molecule has 6 nitrogen and oxygen atoms in total. The van der Waals surface area contributed by atoms with E-state index in [1.165, 1.54) is 0 Å². The van der Waals surface area contributed by atoms with E-state index >= 15 is 0 Å². The summed E-state index contributed by atoms with van der Waals surface area (Å²) < 4.78 is 0. The zero-order valence-corrected chi connectivity index (χ0v) is 13.1. The van der Waals surface area contributed by atoms with Gasteiger partial charge in [0, 0.05) is 18.9 Å². The minimum Gasteiger partial charge on any atom is -0.481 e. The van der Waals surface area contributed by atoms with Crippen LogP contribution < -0.4 is 10.6 Å². The van der Waals surface area contributed by atoms with Crippen LogP contribution in [0.2, 0.25) is 0 Å². The predicted octanol–water partition coefficient (Wildman–Crippen LogP) is 2.28. The summed E-state index contributed by atoms with van der Waals surface area (Å²) in [7, 11) is 0. The smallest absolute Gasteiger partial charge is 0.321 e. The van der Waals surface area contributed by atoms with Gasteiger partial charge in [0.1, 0.15) is 0 Å². The summed E-state index contributed by atoms with van der Waals surface area (Å²) in [6.07, 6.45) is 4.02. The summed E-state index contributed by atoms with van der Waals surface area (Å²) in [5, 5.41) is 13.7. The van der Waals surface area contributed by atoms with Crippen molar-refractivity contribution in [3.63, 3.8) is 0 Å². The Hall–Kier alpha value is -1.59. The zero-order valence-electron chi connectivity index (χ0n) is 13.1. The van der Waals surface area contributed by atoms with Crippen LogP contribution in [0.4, 0.5) is 4.79 Å². The SMILES string of the molecule is CC(CC(=O)O)CC(=O)NC(=O)NC1CCCC(C)(C)C1. The van der Waals surface area contributed by atoms with Gasteiger partial charge in [-0.25, -0.2) is 4.79 Å². The quantitative estimate of drug-likeness (QED) is 0.725. The molecule has 1 aliphatic carbocycles. The molecule has 21 heavy (non-hydrogen) atoms. The van der Waals surface area contributed by atoms with Crippen LogP contribution in [0.15, 0.2) is 0 Å². The van der Waals surface area contributed by atoms with Crippen LogP contribution in [-0.2, 0) is 9.59 Å². The maximum atomic E-state index is 11.8. The van der Waals surface area contributed by atoms with Crippen molar-refractivity contribution < 1.29 is 19.5 Å². The second-order valence-corrected chi connectivity index (χ2v) is 6.89. The van der Waals surface area contributed by atoms with E-state index in [9.17, 15) is 14.4 Å². The Balaban J connectivity index is 2.33. The van der Waals surface area contributed by atoms with Crippen molar-refractivity contribution in [3.8, 4) is 0 Å². The molecule has 120 valence electrons. The molecule has 0 aromatic heterocycles. The van der Waals surface area contributed by atoms with Crippen molar-refractivity contribution in [3.05, 3.63) is 0 Å². The number of hydrogen-bond acceptors (Lipinski definition) is 3. The van der Waals surface area contributed by atoms with Gasteiger partial charge in [-0.05, 0) is 30.6 Å².